The number of halogens is 1. The fraction of sp³-hybridized carbons (Fsp3) is 0.0833. The van der Waals surface area contributed by atoms with Crippen LogP contribution >= 0.6 is 0 Å². The van der Waals surface area contributed by atoms with Gasteiger partial charge in [0.15, 0.2) is 11.5 Å². The van der Waals surface area contributed by atoms with E-state index < -0.39 is 0 Å². The first kappa shape index (κ1) is 11.0. The SMILES string of the molecule is CN(c1ccc(F)cc1)c1nccnc1C#N. The number of rotatable bonds is 2. The molecule has 1 aromatic heterocycles. The van der Waals surface area contributed by atoms with E-state index in [1.54, 1.807) is 24.1 Å². The standard InChI is InChI=1S/C12H9FN4/c1-17(10-4-2-9(13)3-5-10)12-11(8-14)15-6-7-16-12/h2-7H,1H3. The fourth-order valence-corrected chi connectivity index (χ4v) is 1.44. The zero-order valence-electron chi connectivity index (χ0n) is 9.13. The topological polar surface area (TPSA) is 52.8 Å². The lowest BCUT2D eigenvalue weighted by molar-refractivity contribution is 0.628. The van der Waals surface area contributed by atoms with Gasteiger partial charge in [-0.05, 0) is 24.3 Å². The molecule has 0 amide bonds. The van der Waals surface area contributed by atoms with Crippen molar-refractivity contribution < 1.29 is 4.39 Å². The van der Waals surface area contributed by atoms with E-state index >= 15 is 0 Å². The molecule has 4 nitrogen and oxygen atoms in total. The van der Waals surface area contributed by atoms with Crippen LogP contribution in [0.25, 0.3) is 0 Å². The lowest BCUT2D eigenvalue weighted by Crippen LogP contribution is -2.13. The van der Waals surface area contributed by atoms with Gasteiger partial charge >= 0.3 is 0 Å². The molecule has 0 fully saturated rings. The van der Waals surface area contributed by atoms with E-state index in [-0.39, 0.29) is 11.5 Å². The summed E-state index contributed by atoms with van der Waals surface area (Å²) in [6, 6.07) is 7.91. The van der Waals surface area contributed by atoms with E-state index in [1.165, 1.54) is 24.5 Å². The maximum absolute atomic E-state index is 12.8. The molecule has 0 bridgehead atoms. The Morgan fingerprint density at radius 3 is 2.47 bits per heavy atom. The Kier molecular flexibility index (Phi) is 2.97. The molecule has 0 unspecified atom stereocenters. The fourth-order valence-electron chi connectivity index (χ4n) is 1.44. The van der Waals surface area contributed by atoms with Crippen LogP contribution in [0, 0.1) is 17.1 Å². The Hall–Kier alpha value is -2.48. The van der Waals surface area contributed by atoms with Gasteiger partial charge in [-0.3, -0.25) is 0 Å². The van der Waals surface area contributed by atoms with E-state index in [4.69, 9.17) is 5.26 Å². The van der Waals surface area contributed by atoms with Crippen LogP contribution in [-0.4, -0.2) is 17.0 Å². The van der Waals surface area contributed by atoms with Crippen molar-refractivity contribution in [1.29, 1.82) is 5.26 Å². The minimum atomic E-state index is -0.304. The van der Waals surface area contributed by atoms with Gasteiger partial charge in [-0.25, -0.2) is 14.4 Å². The second-order valence-corrected chi connectivity index (χ2v) is 3.38. The highest BCUT2D eigenvalue weighted by atomic mass is 19.1. The van der Waals surface area contributed by atoms with Crippen molar-refractivity contribution in [3.05, 3.63) is 48.2 Å². The van der Waals surface area contributed by atoms with E-state index in [2.05, 4.69) is 9.97 Å². The predicted octanol–water partition coefficient (Wildman–Crippen LogP) is 2.26. The lowest BCUT2D eigenvalue weighted by Gasteiger charge is -2.18. The van der Waals surface area contributed by atoms with Crippen LogP contribution in [0.5, 0.6) is 0 Å². The van der Waals surface area contributed by atoms with Crippen molar-refractivity contribution in [2.24, 2.45) is 0 Å². The van der Waals surface area contributed by atoms with Gasteiger partial charge < -0.3 is 4.90 Å². The average Bonchev–Trinajstić information content (AvgIpc) is 2.39. The smallest absolute Gasteiger partial charge is 0.183 e. The molecule has 17 heavy (non-hydrogen) atoms. The number of nitrogens with zero attached hydrogens (tertiary/aromatic N) is 4. The van der Waals surface area contributed by atoms with E-state index in [1.807, 2.05) is 6.07 Å². The molecule has 0 aliphatic rings. The maximum Gasteiger partial charge on any atom is 0.183 e. The summed E-state index contributed by atoms with van der Waals surface area (Å²) in [6.45, 7) is 0. The maximum atomic E-state index is 12.8. The Labute approximate surface area is 98.0 Å². The molecule has 1 aromatic carbocycles. The zero-order chi connectivity index (χ0) is 12.3. The number of anilines is 2. The second kappa shape index (κ2) is 4.58. The van der Waals surface area contributed by atoms with Gasteiger partial charge in [0, 0.05) is 25.1 Å². The highest BCUT2D eigenvalue weighted by Crippen LogP contribution is 2.23. The summed E-state index contributed by atoms with van der Waals surface area (Å²) in [5.74, 6) is 0.142. The summed E-state index contributed by atoms with van der Waals surface area (Å²) in [6.07, 6.45) is 2.97. The van der Waals surface area contributed by atoms with E-state index in [9.17, 15) is 4.39 Å². The number of benzene rings is 1. The molecule has 2 rings (SSSR count). The van der Waals surface area contributed by atoms with Crippen LogP contribution in [-0.2, 0) is 0 Å². The average molecular weight is 228 g/mol. The van der Waals surface area contributed by atoms with Crippen LogP contribution in [0.1, 0.15) is 5.69 Å². The van der Waals surface area contributed by atoms with Crippen LogP contribution < -0.4 is 4.90 Å². The third-order valence-electron chi connectivity index (χ3n) is 2.32. The highest BCUT2D eigenvalue weighted by Gasteiger charge is 2.11. The minimum absolute atomic E-state index is 0.235. The van der Waals surface area contributed by atoms with Crippen LogP contribution in [0.2, 0.25) is 0 Å². The van der Waals surface area contributed by atoms with Crippen molar-refractivity contribution in [1.82, 2.24) is 9.97 Å². The van der Waals surface area contributed by atoms with Gasteiger partial charge in [0.2, 0.25) is 0 Å². The summed E-state index contributed by atoms with van der Waals surface area (Å²) >= 11 is 0. The molecule has 0 saturated heterocycles. The van der Waals surface area contributed by atoms with Crippen molar-refractivity contribution in [3.63, 3.8) is 0 Å². The van der Waals surface area contributed by atoms with Crippen LogP contribution in [0.4, 0.5) is 15.9 Å². The first-order valence-corrected chi connectivity index (χ1v) is 4.93. The molecular formula is C12H9FN4. The van der Waals surface area contributed by atoms with E-state index in [0.29, 0.717) is 5.82 Å². The summed E-state index contributed by atoms with van der Waals surface area (Å²) in [5, 5.41) is 8.92. The molecule has 84 valence electrons. The third kappa shape index (κ3) is 2.21. The predicted molar refractivity (Wildman–Crippen MR) is 61.2 cm³/mol. The monoisotopic (exact) mass is 228 g/mol. The van der Waals surface area contributed by atoms with Gasteiger partial charge in [0.05, 0.1) is 0 Å². The molecule has 0 aliphatic heterocycles. The summed E-state index contributed by atoms with van der Waals surface area (Å²) in [7, 11) is 1.75. The Balaban J connectivity index is 2.40. The Morgan fingerprint density at radius 2 is 1.82 bits per heavy atom. The quantitative estimate of drug-likeness (QED) is 0.791. The Morgan fingerprint density at radius 1 is 1.18 bits per heavy atom. The number of hydrogen-bond donors (Lipinski definition) is 0. The summed E-state index contributed by atoms with van der Waals surface area (Å²) < 4.78 is 12.8. The molecule has 0 saturated carbocycles. The normalized spacial score (nSPS) is 9.71. The van der Waals surface area contributed by atoms with Crippen molar-refractivity contribution in [2.45, 2.75) is 0 Å². The minimum Gasteiger partial charge on any atom is -0.327 e. The molecule has 0 N–H and O–H groups in total. The molecule has 0 spiro atoms. The molecule has 0 atom stereocenters. The third-order valence-corrected chi connectivity index (χ3v) is 2.32. The highest BCUT2D eigenvalue weighted by molar-refractivity contribution is 5.62. The Bertz CT molecular complexity index is 559. The molecule has 0 radical (unpaired) electrons. The number of aromatic nitrogens is 2. The first-order valence-electron chi connectivity index (χ1n) is 4.93. The number of hydrogen-bond acceptors (Lipinski definition) is 4. The van der Waals surface area contributed by atoms with Crippen molar-refractivity contribution >= 4 is 11.5 Å². The first-order chi connectivity index (χ1) is 8.22. The molecule has 2 aromatic rings. The largest absolute Gasteiger partial charge is 0.327 e. The van der Waals surface area contributed by atoms with Gasteiger partial charge in [0.1, 0.15) is 11.9 Å². The summed E-state index contributed by atoms with van der Waals surface area (Å²) in [4.78, 5) is 9.70. The van der Waals surface area contributed by atoms with Crippen molar-refractivity contribution in [3.8, 4) is 6.07 Å². The zero-order valence-corrected chi connectivity index (χ0v) is 9.13. The molecule has 1 heterocycles. The lowest BCUT2D eigenvalue weighted by atomic mass is 10.3. The molecule has 0 aliphatic carbocycles. The van der Waals surface area contributed by atoms with Crippen LogP contribution in [0.3, 0.4) is 0 Å². The van der Waals surface area contributed by atoms with Gasteiger partial charge in [-0.2, -0.15) is 5.26 Å². The van der Waals surface area contributed by atoms with E-state index in [0.717, 1.165) is 5.69 Å². The van der Waals surface area contributed by atoms with Crippen LogP contribution in [0.15, 0.2) is 36.7 Å². The molecule has 5 heteroatoms. The molecular weight excluding hydrogens is 219 g/mol. The van der Waals surface area contributed by atoms with Gasteiger partial charge in [-0.15, -0.1) is 0 Å². The van der Waals surface area contributed by atoms with Crippen molar-refractivity contribution in [2.75, 3.05) is 11.9 Å². The second-order valence-electron chi connectivity index (χ2n) is 3.38. The van der Waals surface area contributed by atoms with Gasteiger partial charge in [0.25, 0.3) is 0 Å². The summed E-state index contributed by atoms with van der Waals surface area (Å²) in [5.41, 5.74) is 0.975. The van der Waals surface area contributed by atoms with Gasteiger partial charge in [-0.1, -0.05) is 0 Å². The number of nitriles is 1.